The predicted molar refractivity (Wildman–Crippen MR) is 85.8 cm³/mol. The maximum atomic E-state index is 12.6. The monoisotopic (exact) mass is 293 g/mol. The second kappa shape index (κ2) is 5.19. The molecule has 2 bridgehead atoms. The topological polar surface area (TPSA) is 36.8 Å². The van der Waals surface area contributed by atoms with Gasteiger partial charge in [0, 0.05) is 36.1 Å². The zero-order valence-electron chi connectivity index (χ0n) is 12.5. The van der Waals surface area contributed by atoms with Crippen LogP contribution in [0.4, 0.5) is 0 Å². The Morgan fingerprint density at radius 3 is 2.73 bits per heavy atom. The van der Waals surface area contributed by atoms with E-state index >= 15 is 0 Å². The van der Waals surface area contributed by atoms with Crippen molar-refractivity contribution in [3.05, 3.63) is 41.7 Å². The van der Waals surface area contributed by atoms with Crippen molar-refractivity contribution in [2.24, 2.45) is 5.92 Å². The third-order valence-corrected chi connectivity index (χ3v) is 5.05. The SMILES string of the molecule is C#Cc1ccn2ccc(C(=O)N[C@H]3CN4CCC3CC4)cc12. The molecule has 0 aliphatic carbocycles. The van der Waals surface area contributed by atoms with Gasteiger partial charge in [0.2, 0.25) is 0 Å². The highest BCUT2D eigenvalue weighted by Gasteiger charge is 2.34. The molecule has 1 N–H and O–H groups in total. The number of rotatable bonds is 2. The van der Waals surface area contributed by atoms with Crippen molar-refractivity contribution in [2.45, 2.75) is 18.9 Å². The van der Waals surface area contributed by atoms with E-state index in [1.807, 2.05) is 35.0 Å². The average Bonchev–Trinajstić information content (AvgIpc) is 2.98. The summed E-state index contributed by atoms with van der Waals surface area (Å²) < 4.78 is 1.94. The number of nitrogens with zero attached hydrogens (tertiary/aromatic N) is 2. The summed E-state index contributed by atoms with van der Waals surface area (Å²) in [6.07, 6.45) is 11.7. The molecule has 22 heavy (non-hydrogen) atoms. The van der Waals surface area contributed by atoms with Crippen molar-refractivity contribution in [3.63, 3.8) is 0 Å². The van der Waals surface area contributed by atoms with Gasteiger partial charge in [0.15, 0.2) is 0 Å². The van der Waals surface area contributed by atoms with Crippen LogP contribution in [0.25, 0.3) is 5.52 Å². The summed E-state index contributed by atoms with van der Waals surface area (Å²) in [7, 11) is 0. The Labute approximate surface area is 130 Å². The van der Waals surface area contributed by atoms with Crippen LogP contribution in [0.5, 0.6) is 0 Å². The molecule has 4 nitrogen and oxygen atoms in total. The quantitative estimate of drug-likeness (QED) is 0.856. The van der Waals surface area contributed by atoms with E-state index in [1.54, 1.807) is 0 Å². The molecule has 0 radical (unpaired) electrons. The first-order valence-corrected chi connectivity index (χ1v) is 7.85. The molecule has 1 amide bonds. The van der Waals surface area contributed by atoms with Gasteiger partial charge in [-0.05, 0) is 50.0 Å². The van der Waals surface area contributed by atoms with Crippen molar-refractivity contribution < 1.29 is 4.79 Å². The number of nitrogens with one attached hydrogen (secondary N) is 1. The van der Waals surface area contributed by atoms with Crippen LogP contribution in [0.1, 0.15) is 28.8 Å². The number of fused-ring (bicyclic) bond motifs is 4. The van der Waals surface area contributed by atoms with Gasteiger partial charge in [0.05, 0.1) is 5.52 Å². The van der Waals surface area contributed by atoms with Crippen molar-refractivity contribution in [2.75, 3.05) is 19.6 Å². The van der Waals surface area contributed by atoms with Crippen molar-refractivity contribution >= 4 is 11.4 Å². The van der Waals surface area contributed by atoms with E-state index in [-0.39, 0.29) is 11.9 Å². The number of terminal acetylenes is 1. The second-order valence-electron chi connectivity index (χ2n) is 6.30. The van der Waals surface area contributed by atoms with Gasteiger partial charge in [0.1, 0.15) is 0 Å². The normalized spacial score (nSPS) is 26.8. The Balaban J connectivity index is 1.56. The molecule has 0 saturated carbocycles. The van der Waals surface area contributed by atoms with E-state index in [9.17, 15) is 4.79 Å². The molecular formula is C18H19N3O. The lowest BCUT2D eigenvalue weighted by atomic mass is 9.84. The minimum Gasteiger partial charge on any atom is -0.348 e. The van der Waals surface area contributed by atoms with Gasteiger partial charge in [-0.2, -0.15) is 0 Å². The fraction of sp³-hybridized carbons (Fsp3) is 0.389. The fourth-order valence-corrected chi connectivity index (χ4v) is 3.74. The minimum absolute atomic E-state index is 0.00502. The van der Waals surface area contributed by atoms with Crippen LogP contribution in [-0.4, -0.2) is 40.9 Å². The molecule has 0 aromatic carbocycles. The summed E-state index contributed by atoms with van der Waals surface area (Å²) in [6, 6.07) is 5.91. The molecule has 3 fully saturated rings. The van der Waals surface area contributed by atoms with Gasteiger partial charge >= 0.3 is 0 Å². The van der Waals surface area contributed by atoms with Crippen molar-refractivity contribution in [3.8, 4) is 12.3 Å². The summed E-state index contributed by atoms with van der Waals surface area (Å²) in [5.74, 6) is 3.30. The van der Waals surface area contributed by atoms with Crippen LogP contribution in [0.3, 0.4) is 0 Å². The molecule has 3 aliphatic heterocycles. The van der Waals surface area contributed by atoms with Crippen molar-refractivity contribution in [1.29, 1.82) is 0 Å². The number of aromatic nitrogens is 1. The Hall–Kier alpha value is -2.25. The summed E-state index contributed by atoms with van der Waals surface area (Å²) in [4.78, 5) is 15.0. The smallest absolute Gasteiger partial charge is 0.251 e. The Bertz CT molecular complexity index is 762. The molecule has 112 valence electrons. The Kier molecular flexibility index (Phi) is 3.16. The lowest BCUT2D eigenvalue weighted by molar-refractivity contribution is 0.0620. The molecule has 0 unspecified atom stereocenters. The maximum Gasteiger partial charge on any atom is 0.251 e. The van der Waals surface area contributed by atoms with Crippen LogP contribution >= 0.6 is 0 Å². The van der Waals surface area contributed by atoms with Crippen LogP contribution in [-0.2, 0) is 0 Å². The van der Waals surface area contributed by atoms with Crippen LogP contribution in [0.2, 0.25) is 0 Å². The molecule has 0 spiro atoms. The van der Waals surface area contributed by atoms with E-state index in [0.717, 1.165) is 17.6 Å². The first-order chi connectivity index (χ1) is 10.7. The lowest BCUT2D eigenvalue weighted by Crippen LogP contribution is -2.57. The largest absolute Gasteiger partial charge is 0.348 e. The highest BCUT2D eigenvalue weighted by Crippen LogP contribution is 2.27. The molecular weight excluding hydrogens is 274 g/mol. The number of piperidine rings is 3. The van der Waals surface area contributed by atoms with Gasteiger partial charge in [0.25, 0.3) is 5.91 Å². The summed E-state index contributed by atoms with van der Waals surface area (Å²) in [5.41, 5.74) is 2.40. The summed E-state index contributed by atoms with van der Waals surface area (Å²) >= 11 is 0. The highest BCUT2D eigenvalue weighted by atomic mass is 16.1. The Morgan fingerprint density at radius 2 is 2.05 bits per heavy atom. The van der Waals surface area contributed by atoms with Gasteiger partial charge in [-0.25, -0.2) is 0 Å². The zero-order valence-corrected chi connectivity index (χ0v) is 12.5. The van der Waals surface area contributed by atoms with E-state index < -0.39 is 0 Å². The van der Waals surface area contributed by atoms with Crippen LogP contribution in [0, 0.1) is 18.3 Å². The number of hydrogen-bond acceptors (Lipinski definition) is 2. The molecule has 2 aromatic rings. The molecule has 4 heteroatoms. The molecule has 5 rings (SSSR count). The zero-order chi connectivity index (χ0) is 15.1. The lowest BCUT2D eigenvalue weighted by Gasteiger charge is -2.44. The van der Waals surface area contributed by atoms with E-state index in [0.29, 0.717) is 11.5 Å². The fourth-order valence-electron chi connectivity index (χ4n) is 3.74. The Morgan fingerprint density at radius 1 is 1.27 bits per heavy atom. The standard InChI is InChI=1S/C18H19N3O/c1-2-13-5-9-21-10-6-15(11-17(13)21)18(22)19-16-12-20-7-3-14(16)4-8-20/h1,5-6,9-11,14,16H,3-4,7-8,12H2,(H,19,22)/t16-/m0/s1. The first kappa shape index (κ1) is 13.4. The summed E-state index contributed by atoms with van der Waals surface area (Å²) in [6.45, 7) is 3.34. The van der Waals surface area contributed by atoms with E-state index in [2.05, 4.69) is 16.1 Å². The van der Waals surface area contributed by atoms with Gasteiger partial charge in [-0.3, -0.25) is 4.79 Å². The first-order valence-electron chi connectivity index (χ1n) is 7.85. The maximum absolute atomic E-state index is 12.6. The van der Waals surface area contributed by atoms with E-state index in [1.165, 1.54) is 25.9 Å². The molecule has 5 heterocycles. The number of pyridine rings is 1. The van der Waals surface area contributed by atoms with Gasteiger partial charge in [-0.1, -0.05) is 5.92 Å². The third-order valence-electron chi connectivity index (χ3n) is 5.05. The summed E-state index contributed by atoms with van der Waals surface area (Å²) in [5, 5.41) is 3.22. The number of hydrogen-bond donors (Lipinski definition) is 1. The van der Waals surface area contributed by atoms with E-state index in [4.69, 9.17) is 6.42 Å². The predicted octanol–water partition coefficient (Wildman–Crippen LogP) is 1.74. The number of carbonyl (C=O) groups is 1. The molecule has 1 atom stereocenters. The molecule has 3 saturated heterocycles. The highest BCUT2D eigenvalue weighted by molar-refractivity contribution is 5.95. The van der Waals surface area contributed by atoms with Crippen molar-refractivity contribution in [1.82, 2.24) is 14.6 Å². The average molecular weight is 293 g/mol. The van der Waals surface area contributed by atoms with Gasteiger partial charge in [-0.15, -0.1) is 6.42 Å². The molecule has 2 aromatic heterocycles. The third kappa shape index (κ3) is 2.18. The second-order valence-corrected chi connectivity index (χ2v) is 6.30. The molecule has 3 aliphatic rings. The van der Waals surface area contributed by atoms with Crippen LogP contribution in [0.15, 0.2) is 30.6 Å². The van der Waals surface area contributed by atoms with Crippen LogP contribution < -0.4 is 5.32 Å². The van der Waals surface area contributed by atoms with Gasteiger partial charge < -0.3 is 14.6 Å². The number of amides is 1. The minimum atomic E-state index is 0.00502. The number of carbonyl (C=O) groups excluding carboxylic acids is 1.